The van der Waals surface area contributed by atoms with Crippen molar-refractivity contribution < 1.29 is 14.6 Å². The molecule has 4 N–H and O–H groups in total. The molecule has 1 rings (SSSR count). The molecule has 1 aromatic carbocycles. The minimum absolute atomic E-state index is 0.0539. The van der Waals surface area contributed by atoms with Gasteiger partial charge in [-0.25, -0.2) is 0 Å². The fourth-order valence-corrected chi connectivity index (χ4v) is 1.30. The number of rotatable bonds is 5. The van der Waals surface area contributed by atoms with E-state index in [1.165, 1.54) is 6.07 Å². The number of phenolic OH excluding ortho intramolecular Hbond substituents is 1. The smallest absolute Gasteiger partial charge is 0.258 e. The van der Waals surface area contributed by atoms with Crippen LogP contribution in [0, 0.1) is 0 Å². The van der Waals surface area contributed by atoms with Gasteiger partial charge in [0, 0.05) is 5.54 Å². The van der Waals surface area contributed by atoms with Gasteiger partial charge >= 0.3 is 0 Å². The van der Waals surface area contributed by atoms with Gasteiger partial charge in [-0.15, -0.1) is 0 Å². The molecule has 0 radical (unpaired) electrons. The summed E-state index contributed by atoms with van der Waals surface area (Å²) in [5.41, 5.74) is 5.50. The SMILES string of the molecule is CCC(C)(C)NC(=O)COc1cccc(O)c1N. The zero-order valence-electron chi connectivity index (χ0n) is 11.0. The minimum atomic E-state index is -0.259. The molecule has 0 aromatic heterocycles. The Labute approximate surface area is 107 Å². The summed E-state index contributed by atoms with van der Waals surface area (Å²) in [5.74, 6) is 0.0332. The van der Waals surface area contributed by atoms with E-state index < -0.39 is 0 Å². The maximum absolute atomic E-state index is 11.6. The largest absolute Gasteiger partial charge is 0.506 e. The van der Waals surface area contributed by atoms with Crippen molar-refractivity contribution in [2.45, 2.75) is 32.7 Å². The average molecular weight is 252 g/mol. The quantitative estimate of drug-likeness (QED) is 0.549. The maximum atomic E-state index is 11.6. The Morgan fingerprint density at radius 2 is 2.17 bits per heavy atom. The normalized spacial score (nSPS) is 11.1. The Balaban J connectivity index is 2.56. The molecule has 0 heterocycles. The van der Waals surface area contributed by atoms with Crippen molar-refractivity contribution >= 4 is 11.6 Å². The maximum Gasteiger partial charge on any atom is 0.258 e. The van der Waals surface area contributed by atoms with Crippen LogP contribution in [0.15, 0.2) is 18.2 Å². The molecule has 0 bridgehead atoms. The molecule has 0 saturated carbocycles. The van der Waals surface area contributed by atoms with E-state index >= 15 is 0 Å². The molecule has 18 heavy (non-hydrogen) atoms. The van der Waals surface area contributed by atoms with Gasteiger partial charge in [-0.3, -0.25) is 4.79 Å². The standard InChI is InChI=1S/C13H20N2O3/c1-4-13(2,3)15-11(17)8-18-10-7-5-6-9(16)12(10)14/h5-7,16H,4,8,14H2,1-3H3,(H,15,17). The van der Waals surface area contributed by atoms with E-state index in [2.05, 4.69) is 5.32 Å². The number of nitrogens with one attached hydrogen (secondary N) is 1. The van der Waals surface area contributed by atoms with Crippen LogP contribution in [0.1, 0.15) is 27.2 Å². The molecule has 5 nitrogen and oxygen atoms in total. The van der Waals surface area contributed by atoms with Crippen molar-refractivity contribution in [2.24, 2.45) is 0 Å². The lowest BCUT2D eigenvalue weighted by Gasteiger charge is -2.24. The molecule has 1 amide bonds. The summed E-state index contributed by atoms with van der Waals surface area (Å²) < 4.78 is 5.27. The summed E-state index contributed by atoms with van der Waals surface area (Å²) in [4.78, 5) is 11.6. The number of para-hydroxylation sites is 1. The number of carbonyl (C=O) groups is 1. The zero-order chi connectivity index (χ0) is 13.8. The minimum Gasteiger partial charge on any atom is -0.506 e. The van der Waals surface area contributed by atoms with Crippen LogP contribution in [0.5, 0.6) is 11.5 Å². The molecule has 0 fully saturated rings. The second-order valence-electron chi connectivity index (χ2n) is 4.76. The van der Waals surface area contributed by atoms with Crippen LogP contribution in [0.25, 0.3) is 0 Å². The highest BCUT2D eigenvalue weighted by molar-refractivity contribution is 5.78. The third-order valence-electron chi connectivity index (χ3n) is 2.76. The molecule has 100 valence electrons. The summed E-state index contributed by atoms with van der Waals surface area (Å²) in [6.45, 7) is 5.74. The molecular weight excluding hydrogens is 232 g/mol. The molecular formula is C13H20N2O3. The molecule has 0 saturated heterocycles. The third kappa shape index (κ3) is 3.84. The first-order chi connectivity index (χ1) is 8.35. The van der Waals surface area contributed by atoms with Crippen LogP contribution in [0.2, 0.25) is 0 Å². The Kier molecular flexibility index (Phi) is 4.42. The molecule has 0 unspecified atom stereocenters. The third-order valence-corrected chi connectivity index (χ3v) is 2.76. The summed E-state index contributed by atoms with van der Waals surface area (Å²) in [6, 6.07) is 4.67. The number of phenols is 1. The molecule has 0 aliphatic heterocycles. The van der Waals surface area contributed by atoms with E-state index in [1.807, 2.05) is 20.8 Å². The van der Waals surface area contributed by atoms with Gasteiger partial charge in [-0.1, -0.05) is 13.0 Å². The Morgan fingerprint density at radius 3 is 2.78 bits per heavy atom. The highest BCUT2D eigenvalue weighted by Crippen LogP contribution is 2.29. The summed E-state index contributed by atoms with van der Waals surface area (Å²) in [6.07, 6.45) is 0.826. The predicted octanol–water partition coefficient (Wildman–Crippen LogP) is 1.66. The first-order valence-electron chi connectivity index (χ1n) is 5.87. The number of carbonyl (C=O) groups excluding carboxylic acids is 1. The van der Waals surface area contributed by atoms with Gasteiger partial charge in [-0.05, 0) is 32.4 Å². The van der Waals surface area contributed by atoms with Gasteiger partial charge in [0.15, 0.2) is 6.61 Å². The van der Waals surface area contributed by atoms with Crippen LogP contribution >= 0.6 is 0 Å². The van der Waals surface area contributed by atoms with Crippen LogP contribution in [-0.4, -0.2) is 23.2 Å². The Hall–Kier alpha value is -1.91. The fourth-order valence-electron chi connectivity index (χ4n) is 1.30. The summed E-state index contributed by atoms with van der Waals surface area (Å²) in [7, 11) is 0. The molecule has 1 aromatic rings. The highest BCUT2D eigenvalue weighted by atomic mass is 16.5. The lowest BCUT2D eigenvalue weighted by Crippen LogP contribution is -2.44. The molecule has 0 spiro atoms. The van der Waals surface area contributed by atoms with Gasteiger partial charge in [0.2, 0.25) is 0 Å². The van der Waals surface area contributed by atoms with E-state index in [9.17, 15) is 9.90 Å². The van der Waals surface area contributed by atoms with Gasteiger partial charge in [0.05, 0.1) is 0 Å². The zero-order valence-corrected chi connectivity index (χ0v) is 11.0. The van der Waals surface area contributed by atoms with Crippen molar-refractivity contribution in [1.82, 2.24) is 5.32 Å². The molecule has 0 aliphatic rings. The number of ether oxygens (including phenoxy) is 1. The number of nitrogens with two attached hydrogens (primary N) is 1. The van der Waals surface area contributed by atoms with Crippen LogP contribution in [0.3, 0.4) is 0 Å². The second kappa shape index (κ2) is 5.62. The van der Waals surface area contributed by atoms with Gasteiger partial charge < -0.3 is 20.9 Å². The fraction of sp³-hybridized carbons (Fsp3) is 0.462. The predicted molar refractivity (Wildman–Crippen MR) is 70.5 cm³/mol. The summed E-state index contributed by atoms with van der Waals surface area (Å²) >= 11 is 0. The summed E-state index contributed by atoms with van der Waals surface area (Å²) in [5, 5.41) is 12.2. The van der Waals surface area contributed by atoms with E-state index in [-0.39, 0.29) is 29.5 Å². The Morgan fingerprint density at radius 1 is 1.50 bits per heavy atom. The topological polar surface area (TPSA) is 84.6 Å². The van der Waals surface area contributed by atoms with Crippen molar-refractivity contribution in [3.63, 3.8) is 0 Å². The lowest BCUT2D eigenvalue weighted by molar-refractivity contribution is -0.124. The van der Waals surface area contributed by atoms with Gasteiger partial charge in [0.25, 0.3) is 5.91 Å². The van der Waals surface area contributed by atoms with Crippen molar-refractivity contribution in [3.05, 3.63) is 18.2 Å². The number of nitrogen functional groups attached to an aromatic ring is 1. The van der Waals surface area contributed by atoms with E-state index in [1.54, 1.807) is 12.1 Å². The van der Waals surface area contributed by atoms with E-state index in [0.29, 0.717) is 5.75 Å². The number of amides is 1. The lowest BCUT2D eigenvalue weighted by atomic mass is 10.0. The van der Waals surface area contributed by atoms with Crippen LogP contribution < -0.4 is 15.8 Å². The number of benzene rings is 1. The van der Waals surface area contributed by atoms with Crippen molar-refractivity contribution in [2.75, 3.05) is 12.3 Å². The number of hydrogen-bond donors (Lipinski definition) is 3. The van der Waals surface area contributed by atoms with Gasteiger partial charge in [-0.2, -0.15) is 0 Å². The van der Waals surface area contributed by atoms with E-state index in [4.69, 9.17) is 10.5 Å². The first-order valence-corrected chi connectivity index (χ1v) is 5.87. The highest BCUT2D eigenvalue weighted by Gasteiger charge is 2.18. The van der Waals surface area contributed by atoms with Crippen LogP contribution in [0.4, 0.5) is 5.69 Å². The molecule has 0 aliphatic carbocycles. The first kappa shape index (κ1) is 14.2. The molecule has 5 heteroatoms. The second-order valence-corrected chi connectivity index (χ2v) is 4.76. The van der Waals surface area contributed by atoms with Crippen LogP contribution in [-0.2, 0) is 4.79 Å². The number of aromatic hydroxyl groups is 1. The van der Waals surface area contributed by atoms with E-state index in [0.717, 1.165) is 6.42 Å². The van der Waals surface area contributed by atoms with Gasteiger partial charge in [0.1, 0.15) is 17.2 Å². The van der Waals surface area contributed by atoms with Crippen molar-refractivity contribution in [1.29, 1.82) is 0 Å². The Bertz CT molecular complexity index is 430. The average Bonchev–Trinajstić information content (AvgIpc) is 2.30. The monoisotopic (exact) mass is 252 g/mol. The van der Waals surface area contributed by atoms with Crippen molar-refractivity contribution in [3.8, 4) is 11.5 Å². The number of anilines is 1. The number of hydrogen-bond acceptors (Lipinski definition) is 4. The molecule has 0 atom stereocenters.